The van der Waals surface area contributed by atoms with Gasteiger partial charge in [-0.3, -0.25) is 0 Å². The number of nitrogens with zero attached hydrogens (tertiary/aromatic N) is 1. The van der Waals surface area contributed by atoms with Crippen LogP contribution in [0.4, 0.5) is 4.39 Å². The average molecular weight is 557 g/mol. The van der Waals surface area contributed by atoms with Gasteiger partial charge in [0.25, 0.3) is 0 Å². The van der Waals surface area contributed by atoms with Crippen molar-refractivity contribution in [2.45, 2.75) is 13.3 Å². The van der Waals surface area contributed by atoms with E-state index in [1.165, 1.54) is 23.8 Å². The van der Waals surface area contributed by atoms with E-state index in [4.69, 9.17) is 14.2 Å². The van der Waals surface area contributed by atoms with Crippen LogP contribution in [-0.2, 0) is 16.0 Å². The Kier molecular flexibility index (Phi) is 7.39. The molecule has 0 amide bonds. The van der Waals surface area contributed by atoms with Gasteiger partial charge in [-0.25, -0.2) is 14.2 Å². The lowest BCUT2D eigenvalue weighted by atomic mass is 10.1. The number of esters is 1. The second kappa shape index (κ2) is 10.6. The van der Waals surface area contributed by atoms with Crippen molar-refractivity contribution in [1.29, 1.82) is 0 Å². The van der Waals surface area contributed by atoms with E-state index >= 15 is 0 Å². The highest BCUT2D eigenvalue weighted by Crippen LogP contribution is 2.35. The van der Waals surface area contributed by atoms with Crippen LogP contribution >= 0.6 is 22.6 Å². The van der Waals surface area contributed by atoms with Gasteiger partial charge in [-0.05, 0) is 77.0 Å². The smallest absolute Gasteiger partial charge is 0.363 e. The third-order valence-corrected chi connectivity index (χ3v) is 5.61. The quantitative estimate of drug-likeness (QED) is 0.200. The molecule has 5 nitrogen and oxygen atoms in total. The molecule has 0 unspecified atom stereocenters. The number of hydrogen-bond donors (Lipinski definition) is 0. The number of halogens is 2. The lowest BCUT2D eigenvalue weighted by Crippen LogP contribution is -2.06. The van der Waals surface area contributed by atoms with Crippen LogP contribution in [0.5, 0.6) is 11.5 Å². The summed E-state index contributed by atoms with van der Waals surface area (Å²) in [7, 11) is 0. The van der Waals surface area contributed by atoms with Crippen molar-refractivity contribution < 1.29 is 23.4 Å². The first kappa shape index (κ1) is 23.0. The lowest BCUT2D eigenvalue weighted by Gasteiger charge is -2.15. The first-order chi connectivity index (χ1) is 16.0. The lowest BCUT2D eigenvalue weighted by molar-refractivity contribution is -0.129. The topological polar surface area (TPSA) is 57.1 Å². The molecule has 0 aromatic heterocycles. The van der Waals surface area contributed by atoms with Crippen LogP contribution < -0.4 is 9.47 Å². The second-order valence-electron chi connectivity index (χ2n) is 7.19. The molecule has 0 fully saturated rings. The van der Waals surface area contributed by atoms with Crippen molar-refractivity contribution in [3.05, 3.63) is 98.5 Å². The molecule has 0 atom stereocenters. The Labute approximate surface area is 205 Å². The second-order valence-corrected chi connectivity index (χ2v) is 8.36. The van der Waals surface area contributed by atoms with Crippen molar-refractivity contribution in [3.8, 4) is 11.5 Å². The highest BCUT2D eigenvalue weighted by molar-refractivity contribution is 14.1. The fourth-order valence-electron chi connectivity index (χ4n) is 3.30. The Morgan fingerprint density at radius 2 is 1.88 bits per heavy atom. The van der Waals surface area contributed by atoms with Gasteiger partial charge in [0.15, 0.2) is 17.2 Å². The zero-order valence-electron chi connectivity index (χ0n) is 17.9. The van der Waals surface area contributed by atoms with Crippen LogP contribution in [0.15, 0.2) is 77.4 Å². The first-order valence-electron chi connectivity index (χ1n) is 10.4. The molecular weight excluding hydrogens is 536 g/mol. The molecule has 0 saturated heterocycles. The standard InChI is InChI=1S/C26H21FINO4/c1-2-31-23-15-18(13-21(28)24(23)32-12-11-17-7-4-3-5-8-17)14-22-26(30)33-25(29-22)19-9-6-10-20(27)16-19/h3-10,13-16H,2,11-12H2,1H3/b22-14-. The zero-order chi connectivity index (χ0) is 23.2. The Bertz CT molecular complexity index is 1220. The van der Waals surface area contributed by atoms with Crippen molar-refractivity contribution in [2.75, 3.05) is 13.2 Å². The van der Waals surface area contributed by atoms with Gasteiger partial charge in [0.2, 0.25) is 5.90 Å². The highest BCUT2D eigenvalue weighted by atomic mass is 127. The molecule has 0 spiro atoms. The van der Waals surface area contributed by atoms with Gasteiger partial charge in [-0.15, -0.1) is 0 Å². The fourth-order valence-corrected chi connectivity index (χ4v) is 4.08. The van der Waals surface area contributed by atoms with E-state index in [1.807, 2.05) is 31.2 Å². The minimum Gasteiger partial charge on any atom is -0.490 e. The molecule has 3 aromatic rings. The van der Waals surface area contributed by atoms with Gasteiger partial charge in [-0.2, -0.15) is 0 Å². The van der Waals surface area contributed by atoms with Crippen LogP contribution in [0.25, 0.3) is 6.08 Å². The summed E-state index contributed by atoms with van der Waals surface area (Å²) in [4.78, 5) is 16.6. The summed E-state index contributed by atoms with van der Waals surface area (Å²) < 4.78 is 31.4. The van der Waals surface area contributed by atoms with Gasteiger partial charge in [0, 0.05) is 12.0 Å². The van der Waals surface area contributed by atoms with Gasteiger partial charge in [0.1, 0.15) is 5.82 Å². The van der Waals surface area contributed by atoms with Crippen LogP contribution in [-0.4, -0.2) is 25.1 Å². The Morgan fingerprint density at radius 1 is 1.06 bits per heavy atom. The zero-order valence-corrected chi connectivity index (χ0v) is 20.0. The summed E-state index contributed by atoms with van der Waals surface area (Å²) in [6.07, 6.45) is 2.39. The van der Waals surface area contributed by atoms with E-state index in [0.29, 0.717) is 30.3 Å². The fraction of sp³-hybridized carbons (Fsp3) is 0.154. The molecule has 3 aromatic carbocycles. The normalized spacial score (nSPS) is 14.2. The third-order valence-electron chi connectivity index (χ3n) is 4.81. The van der Waals surface area contributed by atoms with Gasteiger partial charge < -0.3 is 14.2 Å². The Balaban J connectivity index is 1.56. The first-order valence-corrected chi connectivity index (χ1v) is 11.5. The Hall–Kier alpha value is -3.20. The summed E-state index contributed by atoms with van der Waals surface area (Å²) in [6, 6.07) is 19.6. The van der Waals surface area contributed by atoms with Crippen molar-refractivity contribution in [1.82, 2.24) is 0 Å². The number of hydrogen-bond acceptors (Lipinski definition) is 5. The predicted octanol–water partition coefficient (Wildman–Crippen LogP) is 5.80. The van der Waals surface area contributed by atoms with E-state index in [-0.39, 0.29) is 11.6 Å². The number of aliphatic imine (C=N–C) groups is 1. The number of cyclic esters (lactones) is 1. The van der Waals surface area contributed by atoms with Crippen molar-refractivity contribution in [2.24, 2.45) is 4.99 Å². The minimum atomic E-state index is -0.592. The number of ether oxygens (including phenoxy) is 3. The van der Waals surface area contributed by atoms with Gasteiger partial charge in [0.05, 0.1) is 16.8 Å². The van der Waals surface area contributed by atoms with Gasteiger partial charge in [-0.1, -0.05) is 36.4 Å². The maximum Gasteiger partial charge on any atom is 0.363 e. The monoisotopic (exact) mass is 557 g/mol. The summed E-state index contributed by atoms with van der Waals surface area (Å²) in [5.74, 6) is 0.303. The van der Waals surface area contributed by atoms with Crippen LogP contribution in [0.2, 0.25) is 0 Å². The number of benzene rings is 3. The van der Waals surface area contributed by atoms with E-state index in [1.54, 1.807) is 18.2 Å². The predicted molar refractivity (Wildman–Crippen MR) is 133 cm³/mol. The molecule has 0 radical (unpaired) electrons. The number of rotatable bonds is 8. The highest BCUT2D eigenvalue weighted by Gasteiger charge is 2.25. The molecule has 1 heterocycles. The van der Waals surface area contributed by atoms with E-state index in [0.717, 1.165) is 15.6 Å². The molecule has 0 N–H and O–H groups in total. The van der Waals surface area contributed by atoms with Crippen LogP contribution in [0.1, 0.15) is 23.6 Å². The van der Waals surface area contributed by atoms with Gasteiger partial charge >= 0.3 is 5.97 Å². The molecule has 0 aliphatic carbocycles. The van der Waals surface area contributed by atoms with E-state index < -0.39 is 11.8 Å². The van der Waals surface area contributed by atoms with Crippen molar-refractivity contribution in [3.63, 3.8) is 0 Å². The molecule has 168 valence electrons. The number of carbonyl (C=O) groups excluding carboxylic acids is 1. The van der Waals surface area contributed by atoms with Crippen molar-refractivity contribution >= 4 is 40.5 Å². The largest absolute Gasteiger partial charge is 0.490 e. The molecule has 0 bridgehead atoms. The minimum absolute atomic E-state index is 0.0753. The maximum absolute atomic E-state index is 13.5. The van der Waals surface area contributed by atoms with E-state index in [9.17, 15) is 9.18 Å². The summed E-state index contributed by atoms with van der Waals surface area (Å²) in [6.45, 7) is 2.87. The SMILES string of the molecule is CCOc1cc(/C=C2\N=C(c3cccc(F)c3)OC2=O)cc(I)c1OCCc1ccccc1. The summed E-state index contributed by atoms with van der Waals surface area (Å²) in [5, 5.41) is 0. The molecule has 7 heteroatoms. The van der Waals surface area contributed by atoms with Crippen LogP contribution in [0, 0.1) is 9.39 Å². The average Bonchev–Trinajstić information content (AvgIpc) is 3.17. The molecule has 1 aliphatic heterocycles. The molecule has 1 aliphatic rings. The number of carbonyl (C=O) groups is 1. The summed E-state index contributed by atoms with van der Waals surface area (Å²) in [5.41, 5.74) is 2.44. The Morgan fingerprint density at radius 3 is 2.64 bits per heavy atom. The van der Waals surface area contributed by atoms with Crippen LogP contribution in [0.3, 0.4) is 0 Å². The molecular formula is C26H21FINO4. The maximum atomic E-state index is 13.5. The van der Waals surface area contributed by atoms with E-state index in [2.05, 4.69) is 39.7 Å². The molecule has 0 saturated carbocycles. The summed E-state index contributed by atoms with van der Waals surface area (Å²) >= 11 is 2.19. The molecule has 4 rings (SSSR count). The third kappa shape index (κ3) is 5.78. The molecule has 33 heavy (non-hydrogen) atoms.